The maximum atomic E-state index is 10.6. The SMILES string of the molecule is [B][C@H](C(=O)O)C1C[C@@H](C)O[C@@H](C)C1. The third-order valence-electron chi connectivity index (χ3n) is 2.53. The lowest BCUT2D eigenvalue weighted by molar-refractivity contribution is -0.139. The van der Waals surface area contributed by atoms with E-state index in [-0.39, 0.29) is 18.1 Å². The first-order valence-corrected chi connectivity index (χ1v) is 4.64. The molecular weight excluding hydrogens is 167 g/mol. The van der Waals surface area contributed by atoms with Crippen LogP contribution in [0, 0.1) is 5.92 Å². The van der Waals surface area contributed by atoms with Gasteiger partial charge >= 0.3 is 0 Å². The molecular formula is C9H15BO3. The highest BCUT2D eigenvalue weighted by atomic mass is 16.5. The molecule has 1 fully saturated rings. The molecule has 1 heterocycles. The zero-order chi connectivity index (χ0) is 10.0. The Hall–Kier alpha value is -0.505. The first kappa shape index (κ1) is 10.6. The third kappa shape index (κ3) is 2.73. The largest absolute Gasteiger partial charge is 0.482 e. The Morgan fingerprint density at radius 2 is 1.92 bits per heavy atom. The highest BCUT2D eigenvalue weighted by Gasteiger charge is 2.31. The fraction of sp³-hybridized carbons (Fsp3) is 0.889. The fourth-order valence-electron chi connectivity index (χ4n) is 1.95. The van der Waals surface area contributed by atoms with E-state index in [0.29, 0.717) is 0 Å². The first-order valence-electron chi connectivity index (χ1n) is 4.64. The van der Waals surface area contributed by atoms with Crippen molar-refractivity contribution < 1.29 is 14.6 Å². The van der Waals surface area contributed by atoms with Crippen molar-refractivity contribution in [3.8, 4) is 0 Å². The molecule has 13 heavy (non-hydrogen) atoms. The second kappa shape index (κ2) is 4.14. The van der Waals surface area contributed by atoms with E-state index >= 15 is 0 Å². The molecule has 0 aromatic carbocycles. The molecule has 3 nitrogen and oxygen atoms in total. The summed E-state index contributed by atoms with van der Waals surface area (Å²) in [6, 6.07) is 0. The Morgan fingerprint density at radius 1 is 1.46 bits per heavy atom. The Balaban J connectivity index is 2.54. The van der Waals surface area contributed by atoms with Crippen molar-refractivity contribution in [2.45, 2.75) is 44.7 Å². The standard InChI is InChI=1S/C9H15BO3/c1-5-3-7(4-6(2)13-5)8(10)9(11)12/h5-8H,3-4H2,1-2H3,(H,11,12)/t5-,6+,7?,8-/m0/s1. The summed E-state index contributed by atoms with van der Waals surface area (Å²) < 4.78 is 5.50. The van der Waals surface area contributed by atoms with Crippen LogP contribution in [0.5, 0.6) is 0 Å². The summed E-state index contributed by atoms with van der Waals surface area (Å²) in [6.07, 6.45) is 1.74. The number of hydrogen-bond donors (Lipinski definition) is 1. The van der Waals surface area contributed by atoms with E-state index in [2.05, 4.69) is 0 Å². The van der Waals surface area contributed by atoms with Gasteiger partial charge in [-0.3, -0.25) is 4.79 Å². The van der Waals surface area contributed by atoms with Crippen LogP contribution in [0.15, 0.2) is 0 Å². The number of carbonyl (C=O) groups is 1. The number of carboxylic acid groups (broad SMARTS) is 1. The van der Waals surface area contributed by atoms with Gasteiger partial charge in [-0.05, 0) is 32.6 Å². The van der Waals surface area contributed by atoms with E-state index in [1.807, 2.05) is 13.8 Å². The molecule has 0 amide bonds. The van der Waals surface area contributed by atoms with Crippen LogP contribution in [-0.4, -0.2) is 31.1 Å². The molecule has 1 rings (SSSR count). The number of rotatable bonds is 2. The maximum Gasteiger partial charge on any atom is 0.297 e. The summed E-state index contributed by atoms with van der Waals surface area (Å²) in [7, 11) is 5.56. The minimum Gasteiger partial charge on any atom is -0.482 e. The minimum atomic E-state index is -0.911. The minimum absolute atomic E-state index is 0.0521. The Kier molecular flexibility index (Phi) is 3.36. The molecule has 4 heteroatoms. The van der Waals surface area contributed by atoms with Gasteiger partial charge in [0.1, 0.15) is 0 Å². The van der Waals surface area contributed by atoms with Gasteiger partial charge in [-0.1, -0.05) is 0 Å². The average molecular weight is 182 g/mol. The molecule has 1 aliphatic heterocycles. The number of ether oxygens (including phenoxy) is 1. The van der Waals surface area contributed by atoms with Crippen LogP contribution in [0.1, 0.15) is 26.7 Å². The summed E-state index contributed by atoms with van der Waals surface area (Å²) >= 11 is 0. The van der Waals surface area contributed by atoms with Gasteiger partial charge in [-0.25, -0.2) is 0 Å². The van der Waals surface area contributed by atoms with E-state index in [9.17, 15) is 4.79 Å². The van der Waals surface area contributed by atoms with Crippen LogP contribution in [0.25, 0.3) is 0 Å². The van der Waals surface area contributed by atoms with Gasteiger partial charge in [0.05, 0.1) is 20.1 Å². The number of hydrogen-bond acceptors (Lipinski definition) is 2. The van der Waals surface area contributed by atoms with Gasteiger partial charge in [0, 0.05) is 5.82 Å². The Labute approximate surface area is 79.9 Å². The Bertz CT molecular complexity index is 185. The molecule has 1 saturated heterocycles. The molecule has 1 N–H and O–H groups in total. The summed E-state index contributed by atoms with van der Waals surface area (Å²) in [6.45, 7) is 3.91. The van der Waals surface area contributed by atoms with Crippen molar-refractivity contribution in [1.82, 2.24) is 0 Å². The van der Waals surface area contributed by atoms with Gasteiger partial charge < -0.3 is 9.84 Å². The molecule has 0 saturated carbocycles. The van der Waals surface area contributed by atoms with Gasteiger partial charge in [0.2, 0.25) is 0 Å². The van der Waals surface area contributed by atoms with Gasteiger partial charge in [-0.15, -0.1) is 0 Å². The van der Waals surface area contributed by atoms with Crippen LogP contribution in [0.4, 0.5) is 0 Å². The Morgan fingerprint density at radius 3 is 2.31 bits per heavy atom. The fourth-order valence-corrected chi connectivity index (χ4v) is 1.95. The zero-order valence-corrected chi connectivity index (χ0v) is 8.06. The van der Waals surface area contributed by atoms with E-state index in [0.717, 1.165) is 12.8 Å². The van der Waals surface area contributed by atoms with Crippen LogP contribution in [-0.2, 0) is 9.53 Å². The summed E-state index contributed by atoms with van der Waals surface area (Å²) in [4.78, 5) is 10.6. The normalized spacial score (nSPS) is 36.9. The topological polar surface area (TPSA) is 46.5 Å². The smallest absolute Gasteiger partial charge is 0.297 e. The van der Waals surface area contributed by atoms with Crippen LogP contribution in [0.2, 0.25) is 5.82 Å². The quantitative estimate of drug-likeness (QED) is 0.653. The van der Waals surface area contributed by atoms with Crippen LogP contribution < -0.4 is 0 Å². The molecule has 72 valence electrons. The van der Waals surface area contributed by atoms with E-state index in [1.165, 1.54) is 0 Å². The van der Waals surface area contributed by atoms with Gasteiger partial charge in [0.15, 0.2) is 0 Å². The third-order valence-corrected chi connectivity index (χ3v) is 2.53. The van der Waals surface area contributed by atoms with Crippen molar-refractivity contribution in [3.63, 3.8) is 0 Å². The van der Waals surface area contributed by atoms with Crippen LogP contribution in [0.3, 0.4) is 0 Å². The molecule has 2 radical (unpaired) electrons. The van der Waals surface area contributed by atoms with Gasteiger partial charge in [0.25, 0.3) is 5.97 Å². The number of aliphatic carboxylic acids is 1. The van der Waals surface area contributed by atoms with Crippen molar-refractivity contribution in [2.75, 3.05) is 0 Å². The van der Waals surface area contributed by atoms with Crippen molar-refractivity contribution >= 4 is 13.8 Å². The number of carboxylic acids is 1. The van der Waals surface area contributed by atoms with E-state index in [4.69, 9.17) is 17.7 Å². The molecule has 1 unspecified atom stereocenters. The summed E-state index contributed by atoms with van der Waals surface area (Å²) in [5, 5.41) is 8.74. The van der Waals surface area contributed by atoms with Crippen molar-refractivity contribution in [2.24, 2.45) is 5.92 Å². The van der Waals surface area contributed by atoms with E-state index in [1.54, 1.807) is 0 Å². The predicted octanol–water partition coefficient (Wildman–Crippen LogP) is 1.23. The van der Waals surface area contributed by atoms with Gasteiger partial charge in [-0.2, -0.15) is 0 Å². The monoisotopic (exact) mass is 182 g/mol. The van der Waals surface area contributed by atoms with Crippen LogP contribution >= 0.6 is 0 Å². The molecule has 0 aromatic heterocycles. The molecule has 0 spiro atoms. The first-order chi connectivity index (χ1) is 6.00. The highest BCUT2D eigenvalue weighted by Crippen LogP contribution is 2.32. The lowest BCUT2D eigenvalue weighted by Crippen LogP contribution is -2.33. The molecule has 4 atom stereocenters. The maximum absolute atomic E-state index is 10.6. The lowest BCUT2D eigenvalue weighted by atomic mass is 9.71. The average Bonchev–Trinajstić information content (AvgIpc) is 2.01. The predicted molar refractivity (Wildman–Crippen MR) is 49.9 cm³/mol. The van der Waals surface area contributed by atoms with Crippen molar-refractivity contribution in [1.29, 1.82) is 0 Å². The van der Waals surface area contributed by atoms with E-state index < -0.39 is 11.8 Å². The lowest BCUT2D eigenvalue weighted by Gasteiger charge is -2.34. The molecule has 0 aliphatic carbocycles. The second-order valence-corrected chi connectivity index (χ2v) is 3.85. The second-order valence-electron chi connectivity index (χ2n) is 3.85. The summed E-state index contributed by atoms with van der Waals surface area (Å²) in [5.41, 5.74) is 0. The zero-order valence-electron chi connectivity index (χ0n) is 8.06. The highest BCUT2D eigenvalue weighted by molar-refractivity contribution is 6.22. The molecule has 1 aliphatic rings. The van der Waals surface area contributed by atoms with Crippen molar-refractivity contribution in [3.05, 3.63) is 0 Å². The molecule has 0 bridgehead atoms. The molecule has 0 aromatic rings. The summed E-state index contributed by atoms with van der Waals surface area (Å²) in [5.74, 6) is -1.60.